The monoisotopic (exact) mass is 392 g/mol. The number of benzene rings is 1. The third-order valence-corrected chi connectivity index (χ3v) is 4.10. The van der Waals surface area contributed by atoms with Gasteiger partial charge in [-0.3, -0.25) is 4.79 Å². The van der Waals surface area contributed by atoms with Crippen LogP contribution < -0.4 is 0 Å². The number of ether oxygens (including phenoxy) is 1. The minimum atomic E-state index is -1.35. The van der Waals surface area contributed by atoms with E-state index < -0.39 is 23.2 Å². The number of rotatable bonds is 10. The van der Waals surface area contributed by atoms with Crippen molar-refractivity contribution in [2.45, 2.75) is 31.5 Å². The van der Waals surface area contributed by atoms with Gasteiger partial charge in [0.05, 0.1) is 13.1 Å². The maximum absolute atomic E-state index is 14.7. The molecule has 0 fully saturated rings. The number of aliphatic carboxylic acids is 1. The zero-order valence-electron chi connectivity index (χ0n) is 14.8. The number of carbonyl (C=O) groups is 1. The Hall–Kier alpha value is -3.21. The third kappa shape index (κ3) is 4.74. The highest BCUT2D eigenvalue weighted by atomic mass is 19.1. The Morgan fingerprint density at radius 2 is 1.75 bits per heavy atom. The fourth-order valence-electron chi connectivity index (χ4n) is 2.89. The number of halogens is 2. The number of carboxylic acid groups (broad SMARTS) is 1. The molecule has 148 valence electrons. The van der Waals surface area contributed by atoms with Crippen molar-refractivity contribution < 1.29 is 23.4 Å². The topological polar surface area (TPSA) is 108 Å². The smallest absolute Gasteiger partial charge is 0.303 e. The molecule has 11 heteroatoms. The standard InChI is InChI=1S/C17H18F2N6O3/c18-13-3-4-14(15(19)6-13)17(7-24-11-20-9-22-24,8-25-12-21-10-23-25)28-5-1-2-16(26)27/h3-4,6,9-12H,1-2,5,7-8H2,(H,26,27). The SMILES string of the molecule is O=C(O)CCCOC(Cn1cncn1)(Cn1cncn1)c1ccc(F)cc1F. The lowest BCUT2D eigenvalue weighted by Gasteiger charge is -2.34. The van der Waals surface area contributed by atoms with Gasteiger partial charge < -0.3 is 9.84 Å². The van der Waals surface area contributed by atoms with E-state index in [0.29, 0.717) is 0 Å². The van der Waals surface area contributed by atoms with Gasteiger partial charge in [-0.1, -0.05) is 6.07 Å². The van der Waals surface area contributed by atoms with E-state index in [1.54, 1.807) is 0 Å². The van der Waals surface area contributed by atoms with Gasteiger partial charge in [-0.2, -0.15) is 10.2 Å². The second-order valence-corrected chi connectivity index (χ2v) is 6.15. The molecule has 0 aliphatic carbocycles. The first-order valence-electron chi connectivity index (χ1n) is 8.45. The van der Waals surface area contributed by atoms with Gasteiger partial charge in [0.25, 0.3) is 0 Å². The first-order valence-corrected chi connectivity index (χ1v) is 8.45. The molecule has 0 bridgehead atoms. The Kier molecular flexibility index (Phi) is 6.04. The van der Waals surface area contributed by atoms with E-state index in [2.05, 4.69) is 20.2 Å². The number of hydrogen-bond acceptors (Lipinski definition) is 6. The van der Waals surface area contributed by atoms with Crippen LogP contribution in [0.3, 0.4) is 0 Å². The van der Waals surface area contributed by atoms with Crippen molar-refractivity contribution in [3.63, 3.8) is 0 Å². The van der Waals surface area contributed by atoms with Gasteiger partial charge >= 0.3 is 5.97 Å². The first-order chi connectivity index (χ1) is 13.5. The molecule has 0 saturated carbocycles. The predicted molar refractivity (Wildman–Crippen MR) is 90.9 cm³/mol. The highest BCUT2D eigenvalue weighted by molar-refractivity contribution is 5.66. The van der Waals surface area contributed by atoms with Crippen LogP contribution in [0.25, 0.3) is 0 Å². The normalized spacial score (nSPS) is 11.6. The Labute approximate surface area is 158 Å². The van der Waals surface area contributed by atoms with E-state index >= 15 is 0 Å². The van der Waals surface area contributed by atoms with Crippen molar-refractivity contribution in [3.05, 3.63) is 60.7 Å². The van der Waals surface area contributed by atoms with E-state index in [9.17, 15) is 13.6 Å². The van der Waals surface area contributed by atoms with Crippen LogP contribution in [0.4, 0.5) is 8.78 Å². The zero-order chi connectivity index (χ0) is 20.0. The fourth-order valence-corrected chi connectivity index (χ4v) is 2.89. The molecular formula is C17H18F2N6O3. The Morgan fingerprint density at radius 3 is 2.25 bits per heavy atom. The maximum Gasteiger partial charge on any atom is 0.303 e. The lowest BCUT2D eigenvalue weighted by molar-refractivity contribution is -0.138. The number of hydrogen-bond donors (Lipinski definition) is 1. The summed E-state index contributed by atoms with van der Waals surface area (Å²) in [5.41, 5.74) is -1.26. The summed E-state index contributed by atoms with van der Waals surface area (Å²) < 4.78 is 37.2. The number of carboxylic acids is 1. The van der Waals surface area contributed by atoms with Crippen LogP contribution >= 0.6 is 0 Å². The van der Waals surface area contributed by atoms with E-state index in [1.165, 1.54) is 40.7 Å². The molecule has 0 amide bonds. The first kappa shape index (κ1) is 19.5. The Morgan fingerprint density at radius 1 is 1.11 bits per heavy atom. The third-order valence-electron chi connectivity index (χ3n) is 4.10. The molecule has 0 aliphatic rings. The summed E-state index contributed by atoms with van der Waals surface area (Å²) in [6, 6.07) is 3.21. The van der Waals surface area contributed by atoms with Crippen LogP contribution in [0.1, 0.15) is 18.4 Å². The van der Waals surface area contributed by atoms with Crippen molar-refractivity contribution in [3.8, 4) is 0 Å². The van der Waals surface area contributed by atoms with Gasteiger partial charge in [0, 0.05) is 24.7 Å². The largest absolute Gasteiger partial charge is 0.481 e. The molecule has 3 rings (SSSR count). The van der Waals surface area contributed by atoms with Crippen molar-refractivity contribution in [2.75, 3.05) is 6.61 Å². The van der Waals surface area contributed by atoms with E-state index in [-0.39, 0.29) is 38.1 Å². The molecule has 0 saturated heterocycles. The van der Waals surface area contributed by atoms with E-state index in [0.717, 1.165) is 12.1 Å². The highest BCUT2D eigenvalue weighted by Crippen LogP contribution is 2.32. The van der Waals surface area contributed by atoms with Crippen LogP contribution in [0, 0.1) is 11.6 Å². The van der Waals surface area contributed by atoms with Gasteiger partial charge in [-0.05, 0) is 12.5 Å². The molecule has 9 nitrogen and oxygen atoms in total. The highest BCUT2D eigenvalue weighted by Gasteiger charge is 2.38. The molecule has 2 aromatic heterocycles. The van der Waals surface area contributed by atoms with Crippen LogP contribution in [0.5, 0.6) is 0 Å². The molecule has 3 aromatic rings. The summed E-state index contributed by atoms with van der Waals surface area (Å²) in [5.74, 6) is -2.48. The molecule has 0 unspecified atom stereocenters. The predicted octanol–water partition coefficient (Wildman–Crippen LogP) is 1.62. The van der Waals surface area contributed by atoms with Crippen LogP contribution in [-0.2, 0) is 28.2 Å². The van der Waals surface area contributed by atoms with Crippen LogP contribution in [0.2, 0.25) is 0 Å². The summed E-state index contributed by atoms with van der Waals surface area (Å²) in [5, 5.41) is 16.9. The van der Waals surface area contributed by atoms with Crippen molar-refractivity contribution in [1.82, 2.24) is 29.5 Å². The molecule has 1 aromatic carbocycles. The van der Waals surface area contributed by atoms with Gasteiger partial charge in [0.15, 0.2) is 0 Å². The van der Waals surface area contributed by atoms with Gasteiger partial charge in [-0.15, -0.1) is 0 Å². The lowest BCUT2D eigenvalue weighted by Crippen LogP contribution is -2.41. The van der Waals surface area contributed by atoms with Crippen molar-refractivity contribution in [1.29, 1.82) is 0 Å². The Balaban J connectivity index is 1.99. The molecule has 2 heterocycles. The van der Waals surface area contributed by atoms with Crippen LogP contribution in [0.15, 0.2) is 43.5 Å². The molecule has 0 atom stereocenters. The summed E-state index contributed by atoms with van der Waals surface area (Å²) in [7, 11) is 0. The van der Waals surface area contributed by atoms with Gasteiger partial charge in [0.2, 0.25) is 0 Å². The molecule has 0 spiro atoms. The second kappa shape index (κ2) is 8.65. The van der Waals surface area contributed by atoms with E-state index in [1.807, 2.05) is 0 Å². The minimum absolute atomic E-state index is 0.0342. The molecular weight excluding hydrogens is 374 g/mol. The molecule has 1 N–H and O–H groups in total. The summed E-state index contributed by atoms with van der Waals surface area (Å²) >= 11 is 0. The molecule has 28 heavy (non-hydrogen) atoms. The summed E-state index contributed by atoms with van der Waals surface area (Å²) in [6.07, 6.45) is 5.65. The quantitative estimate of drug-likeness (QED) is 0.522. The molecule has 0 radical (unpaired) electrons. The average molecular weight is 392 g/mol. The van der Waals surface area contributed by atoms with Gasteiger partial charge in [0.1, 0.15) is 42.5 Å². The zero-order valence-corrected chi connectivity index (χ0v) is 14.8. The second-order valence-electron chi connectivity index (χ2n) is 6.15. The number of aromatic nitrogens is 6. The summed E-state index contributed by atoms with van der Waals surface area (Å²) in [6.45, 7) is 0.122. The minimum Gasteiger partial charge on any atom is -0.481 e. The average Bonchev–Trinajstić information content (AvgIpc) is 3.32. The molecule has 0 aliphatic heterocycles. The van der Waals surface area contributed by atoms with Gasteiger partial charge in [-0.25, -0.2) is 28.1 Å². The van der Waals surface area contributed by atoms with Crippen molar-refractivity contribution in [2.24, 2.45) is 0 Å². The Bertz CT molecular complexity index is 866. The number of nitrogens with zero attached hydrogens (tertiary/aromatic N) is 6. The lowest BCUT2D eigenvalue weighted by atomic mass is 9.92. The fraction of sp³-hybridized carbons (Fsp3) is 0.353. The maximum atomic E-state index is 14.7. The van der Waals surface area contributed by atoms with E-state index in [4.69, 9.17) is 9.84 Å². The van der Waals surface area contributed by atoms with Crippen LogP contribution in [-0.4, -0.2) is 47.2 Å². The van der Waals surface area contributed by atoms with Crippen molar-refractivity contribution >= 4 is 5.97 Å². The summed E-state index contributed by atoms with van der Waals surface area (Å²) in [4.78, 5) is 18.6.